The second kappa shape index (κ2) is 6.85. The molecule has 1 aromatic carbocycles. The maximum absolute atomic E-state index is 13.0. The Morgan fingerprint density at radius 2 is 2.23 bits per heavy atom. The van der Waals surface area contributed by atoms with Gasteiger partial charge in [-0.25, -0.2) is 0 Å². The average Bonchev–Trinajstić information content (AvgIpc) is 2.42. The average molecular weight is 336 g/mol. The van der Waals surface area contributed by atoms with Crippen LogP contribution in [0.3, 0.4) is 0 Å². The molecular formula is C14H17ClF3N3O. The summed E-state index contributed by atoms with van der Waals surface area (Å²) >= 11 is 5.81. The van der Waals surface area contributed by atoms with Gasteiger partial charge in [0.15, 0.2) is 0 Å². The SMILES string of the molecule is C[C@@H]1CNCCN1CC(=O)Nc1c(Cl)cccc1C(F)(F)F. The molecule has 8 heteroatoms. The standard InChI is InChI=1S/C14H17ClF3N3O/c1-9-7-19-5-6-21(9)8-12(22)20-13-10(14(16,17)18)3-2-4-11(13)15/h2-4,9,19H,5-8H2,1H3,(H,20,22)/t9-/m1/s1. The fourth-order valence-corrected chi connectivity index (χ4v) is 2.59. The molecule has 1 heterocycles. The third-order valence-corrected chi connectivity index (χ3v) is 3.88. The lowest BCUT2D eigenvalue weighted by Crippen LogP contribution is -2.52. The number of amides is 1. The molecule has 22 heavy (non-hydrogen) atoms. The Bertz CT molecular complexity index is 551. The van der Waals surface area contributed by atoms with E-state index in [1.807, 2.05) is 11.8 Å². The molecule has 1 aliphatic rings. The van der Waals surface area contributed by atoms with Crippen molar-refractivity contribution in [3.8, 4) is 0 Å². The van der Waals surface area contributed by atoms with Gasteiger partial charge in [-0.05, 0) is 19.1 Å². The highest BCUT2D eigenvalue weighted by Crippen LogP contribution is 2.38. The third-order valence-electron chi connectivity index (χ3n) is 3.57. The number of carbonyl (C=O) groups excluding carboxylic acids is 1. The molecule has 1 atom stereocenters. The van der Waals surface area contributed by atoms with Gasteiger partial charge in [0.1, 0.15) is 0 Å². The summed E-state index contributed by atoms with van der Waals surface area (Å²) in [5.41, 5.74) is -1.33. The molecule has 0 spiro atoms. The molecular weight excluding hydrogens is 319 g/mol. The van der Waals surface area contributed by atoms with Crippen LogP contribution in [0, 0.1) is 0 Å². The maximum atomic E-state index is 13.0. The summed E-state index contributed by atoms with van der Waals surface area (Å²) in [7, 11) is 0. The van der Waals surface area contributed by atoms with Gasteiger partial charge in [0.2, 0.25) is 5.91 Å². The van der Waals surface area contributed by atoms with Gasteiger partial charge in [0.25, 0.3) is 0 Å². The zero-order valence-electron chi connectivity index (χ0n) is 12.0. The molecule has 1 amide bonds. The van der Waals surface area contributed by atoms with Crippen LogP contribution in [0.2, 0.25) is 5.02 Å². The normalized spacial score (nSPS) is 20.0. The predicted octanol–water partition coefficient (Wildman–Crippen LogP) is 2.59. The summed E-state index contributed by atoms with van der Waals surface area (Å²) in [6.07, 6.45) is -4.57. The summed E-state index contributed by atoms with van der Waals surface area (Å²) in [4.78, 5) is 14.0. The van der Waals surface area contributed by atoms with Gasteiger partial charge >= 0.3 is 6.18 Å². The first-order valence-electron chi connectivity index (χ1n) is 6.89. The second-order valence-electron chi connectivity index (χ2n) is 5.23. The van der Waals surface area contributed by atoms with Crippen molar-refractivity contribution in [3.63, 3.8) is 0 Å². The predicted molar refractivity (Wildman–Crippen MR) is 79.0 cm³/mol. The van der Waals surface area contributed by atoms with Crippen molar-refractivity contribution in [3.05, 3.63) is 28.8 Å². The van der Waals surface area contributed by atoms with Crippen LogP contribution in [0.5, 0.6) is 0 Å². The van der Waals surface area contributed by atoms with Crippen molar-refractivity contribution in [2.45, 2.75) is 19.1 Å². The number of anilines is 1. The minimum absolute atomic E-state index is 0.0331. The van der Waals surface area contributed by atoms with E-state index >= 15 is 0 Å². The summed E-state index contributed by atoms with van der Waals surface area (Å²) in [5.74, 6) is -0.507. The molecule has 0 unspecified atom stereocenters. The summed E-state index contributed by atoms with van der Waals surface area (Å²) in [6.45, 7) is 4.15. The van der Waals surface area contributed by atoms with Crippen LogP contribution in [0.15, 0.2) is 18.2 Å². The van der Waals surface area contributed by atoms with Crippen LogP contribution >= 0.6 is 11.6 Å². The number of nitrogens with zero attached hydrogens (tertiary/aromatic N) is 1. The first-order valence-corrected chi connectivity index (χ1v) is 7.27. The number of nitrogens with one attached hydrogen (secondary N) is 2. The zero-order chi connectivity index (χ0) is 16.3. The number of rotatable bonds is 3. The summed E-state index contributed by atoms with van der Waals surface area (Å²) < 4.78 is 38.9. The molecule has 0 radical (unpaired) electrons. The van der Waals surface area contributed by atoms with Gasteiger partial charge in [0, 0.05) is 25.7 Å². The first kappa shape index (κ1) is 17.1. The number of hydrogen-bond donors (Lipinski definition) is 2. The number of alkyl halides is 3. The molecule has 1 saturated heterocycles. The highest BCUT2D eigenvalue weighted by atomic mass is 35.5. The molecule has 0 aromatic heterocycles. The minimum Gasteiger partial charge on any atom is -0.323 e. The lowest BCUT2D eigenvalue weighted by molar-refractivity contribution is -0.137. The van der Waals surface area contributed by atoms with E-state index < -0.39 is 17.6 Å². The number of carbonyl (C=O) groups is 1. The molecule has 2 N–H and O–H groups in total. The molecule has 4 nitrogen and oxygen atoms in total. The van der Waals surface area contributed by atoms with E-state index in [9.17, 15) is 18.0 Å². The smallest absolute Gasteiger partial charge is 0.323 e. The van der Waals surface area contributed by atoms with E-state index in [4.69, 9.17) is 11.6 Å². The van der Waals surface area contributed by atoms with Crippen molar-refractivity contribution < 1.29 is 18.0 Å². The Morgan fingerprint density at radius 1 is 1.50 bits per heavy atom. The Hall–Kier alpha value is -1.31. The van der Waals surface area contributed by atoms with E-state index in [0.29, 0.717) is 6.54 Å². The van der Waals surface area contributed by atoms with Gasteiger partial charge in [0.05, 0.1) is 22.8 Å². The third kappa shape index (κ3) is 4.12. The summed E-state index contributed by atoms with van der Waals surface area (Å²) in [6, 6.07) is 3.57. The Balaban J connectivity index is 2.11. The fraction of sp³-hybridized carbons (Fsp3) is 0.500. The van der Waals surface area contributed by atoms with Gasteiger partial charge in [-0.15, -0.1) is 0 Å². The number of para-hydroxylation sites is 1. The van der Waals surface area contributed by atoms with Crippen molar-refractivity contribution in [1.29, 1.82) is 0 Å². The lowest BCUT2D eigenvalue weighted by atomic mass is 10.1. The molecule has 0 aliphatic carbocycles. The van der Waals surface area contributed by atoms with Gasteiger partial charge in [-0.2, -0.15) is 13.2 Å². The van der Waals surface area contributed by atoms with Crippen LogP contribution in [0.1, 0.15) is 12.5 Å². The van der Waals surface area contributed by atoms with Gasteiger partial charge < -0.3 is 10.6 Å². The molecule has 2 rings (SSSR count). The van der Waals surface area contributed by atoms with E-state index in [1.54, 1.807) is 0 Å². The molecule has 0 bridgehead atoms. The number of benzene rings is 1. The number of piperazine rings is 1. The number of hydrogen-bond acceptors (Lipinski definition) is 3. The van der Waals surface area contributed by atoms with E-state index in [-0.39, 0.29) is 23.3 Å². The maximum Gasteiger partial charge on any atom is 0.418 e. The lowest BCUT2D eigenvalue weighted by Gasteiger charge is -2.33. The largest absolute Gasteiger partial charge is 0.418 e. The van der Waals surface area contributed by atoms with Crippen LogP contribution in [0.4, 0.5) is 18.9 Å². The minimum atomic E-state index is -4.57. The van der Waals surface area contributed by atoms with Gasteiger partial charge in [-0.1, -0.05) is 17.7 Å². The van der Waals surface area contributed by atoms with Crippen molar-refractivity contribution in [2.75, 3.05) is 31.5 Å². The van der Waals surface area contributed by atoms with Crippen molar-refractivity contribution >= 4 is 23.2 Å². The molecule has 1 aromatic rings. The van der Waals surface area contributed by atoms with E-state index in [1.165, 1.54) is 12.1 Å². The number of halogens is 4. The van der Waals surface area contributed by atoms with Crippen LogP contribution in [-0.2, 0) is 11.0 Å². The highest BCUT2D eigenvalue weighted by Gasteiger charge is 2.35. The fourth-order valence-electron chi connectivity index (χ4n) is 2.37. The first-order chi connectivity index (χ1) is 10.3. The quantitative estimate of drug-likeness (QED) is 0.892. The monoisotopic (exact) mass is 335 g/mol. The highest BCUT2D eigenvalue weighted by molar-refractivity contribution is 6.34. The summed E-state index contributed by atoms with van der Waals surface area (Å²) in [5, 5.41) is 5.35. The van der Waals surface area contributed by atoms with Crippen molar-refractivity contribution in [1.82, 2.24) is 10.2 Å². The van der Waals surface area contributed by atoms with Crippen molar-refractivity contribution in [2.24, 2.45) is 0 Å². The van der Waals surface area contributed by atoms with E-state index in [0.717, 1.165) is 19.2 Å². The van der Waals surface area contributed by atoms with Gasteiger partial charge in [-0.3, -0.25) is 9.69 Å². The molecule has 1 aliphatic heterocycles. The zero-order valence-corrected chi connectivity index (χ0v) is 12.8. The Labute approximate surface area is 131 Å². The van der Waals surface area contributed by atoms with Crippen LogP contribution < -0.4 is 10.6 Å². The Morgan fingerprint density at radius 3 is 2.86 bits per heavy atom. The molecule has 1 fully saturated rings. The second-order valence-corrected chi connectivity index (χ2v) is 5.64. The Kier molecular flexibility index (Phi) is 5.31. The van der Waals surface area contributed by atoms with Crippen LogP contribution in [0.25, 0.3) is 0 Å². The van der Waals surface area contributed by atoms with E-state index in [2.05, 4.69) is 10.6 Å². The molecule has 0 saturated carbocycles. The van der Waals surface area contributed by atoms with Crippen LogP contribution in [-0.4, -0.2) is 43.0 Å². The topological polar surface area (TPSA) is 44.4 Å². The molecule has 122 valence electrons.